The highest BCUT2D eigenvalue weighted by atomic mass is 16.6. The van der Waals surface area contributed by atoms with Crippen LogP contribution in [0, 0.1) is 0 Å². The van der Waals surface area contributed by atoms with Crippen molar-refractivity contribution in [3.05, 3.63) is 48.6 Å². The minimum absolute atomic E-state index is 0.0319. The van der Waals surface area contributed by atoms with Gasteiger partial charge in [0.25, 0.3) is 0 Å². The van der Waals surface area contributed by atoms with Crippen LogP contribution in [0.5, 0.6) is 0 Å². The van der Waals surface area contributed by atoms with Gasteiger partial charge in [-0.3, -0.25) is 9.59 Å². The largest absolute Gasteiger partial charge is 0.544 e. The Hall–Kier alpha value is -2.71. The van der Waals surface area contributed by atoms with Gasteiger partial charge in [0.05, 0.1) is 40.3 Å². The number of carbonyl (C=O) groups is 3. The number of esters is 2. The average Bonchev–Trinajstić information content (AvgIpc) is 3.23. The highest BCUT2D eigenvalue weighted by Gasteiger charge is 2.25. The first-order chi connectivity index (χ1) is 30.1. The number of carboxylic acid groups (broad SMARTS) is 1. The molecule has 2 unspecified atom stereocenters. The predicted octanol–water partition coefficient (Wildman–Crippen LogP) is 13.4. The van der Waals surface area contributed by atoms with E-state index in [0.29, 0.717) is 12.8 Å². The molecule has 0 aliphatic carbocycles. The van der Waals surface area contributed by atoms with Crippen molar-refractivity contribution >= 4 is 17.9 Å². The van der Waals surface area contributed by atoms with E-state index in [1.807, 2.05) is 0 Å². The van der Waals surface area contributed by atoms with Gasteiger partial charge in [-0.2, -0.15) is 0 Å². The van der Waals surface area contributed by atoms with Crippen LogP contribution in [0.4, 0.5) is 0 Å². The third-order valence-corrected chi connectivity index (χ3v) is 11.5. The summed E-state index contributed by atoms with van der Waals surface area (Å²) in [5.74, 6) is -1.77. The average molecular weight is 872 g/mol. The second kappa shape index (κ2) is 44.9. The molecule has 0 heterocycles. The minimum atomic E-state index is -1.13. The number of unbranched alkanes of at least 4 members (excludes halogenated alkanes) is 24. The number of ether oxygens (including phenoxy) is 3. The van der Waals surface area contributed by atoms with Crippen molar-refractivity contribution in [2.45, 2.75) is 238 Å². The molecule has 0 aliphatic rings. The molecule has 360 valence electrons. The number of quaternary nitrogens is 1. The molecule has 2 atom stereocenters. The van der Waals surface area contributed by atoms with Crippen LogP contribution in [0.25, 0.3) is 0 Å². The van der Waals surface area contributed by atoms with Crippen molar-refractivity contribution in [3.8, 4) is 0 Å². The van der Waals surface area contributed by atoms with E-state index < -0.39 is 18.1 Å². The van der Waals surface area contributed by atoms with Crippen molar-refractivity contribution in [2.24, 2.45) is 0 Å². The smallest absolute Gasteiger partial charge is 0.306 e. The van der Waals surface area contributed by atoms with Gasteiger partial charge in [-0.1, -0.05) is 204 Å². The van der Waals surface area contributed by atoms with Gasteiger partial charge < -0.3 is 28.6 Å². The maximum Gasteiger partial charge on any atom is 0.306 e. The maximum atomic E-state index is 12.8. The topological polar surface area (TPSA) is 102 Å². The summed E-state index contributed by atoms with van der Waals surface area (Å²) in [4.78, 5) is 37.0. The monoisotopic (exact) mass is 872 g/mol. The molecule has 0 N–H and O–H groups in total. The zero-order chi connectivity index (χ0) is 45.6. The first-order valence-corrected chi connectivity index (χ1v) is 25.7. The SMILES string of the molecule is CC/C=C/C/C=C/C/C=C/C/C=C/CCCCCC(=O)OCC(COCCC(C(=O)[O-])[N+](C)(C)C)OC(=O)CCCCCCCCCCCCCCCCCCCCCCCC. The minimum Gasteiger partial charge on any atom is -0.544 e. The van der Waals surface area contributed by atoms with Crippen LogP contribution in [0.2, 0.25) is 0 Å². The van der Waals surface area contributed by atoms with E-state index in [4.69, 9.17) is 14.2 Å². The summed E-state index contributed by atoms with van der Waals surface area (Å²) < 4.78 is 17.2. The Morgan fingerprint density at radius 2 is 0.903 bits per heavy atom. The fraction of sp³-hybridized carbons (Fsp3) is 0.796. The van der Waals surface area contributed by atoms with Crippen molar-refractivity contribution in [1.29, 1.82) is 0 Å². The molecule has 0 fully saturated rings. The normalized spacial score (nSPS) is 13.2. The van der Waals surface area contributed by atoms with Crippen molar-refractivity contribution in [3.63, 3.8) is 0 Å². The van der Waals surface area contributed by atoms with Gasteiger partial charge in [-0.05, 0) is 51.4 Å². The number of nitrogens with zero attached hydrogens (tertiary/aromatic N) is 1. The predicted molar refractivity (Wildman–Crippen MR) is 259 cm³/mol. The number of aliphatic carboxylic acids is 1. The van der Waals surface area contributed by atoms with Gasteiger partial charge >= 0.3 is 11.9 Å². The quantitative estimate of drug-likeness (QED) is 0.0260. The van der Waals surface area contributed by atoms with E-state index in [0.717, 1.165) is 70.6 Å². The molecule has 8 heteroatoms. The van der Waals surface area contributed by atoms with Crippen LogP contribution < -0.4 is 5.11 Å². The van der Waals surface area contributed by atoms with E-state index in [-0.39, 0.29) is 42.7 Å². The Morgan fingerprint density at radius 1 is 0.500 bits per heavy atom. The van der Waals surface area contributed by atoms with Gasteiger partial charge in [-0.15, -0.1) is 0 Å². The van der Waals surface area contributed by atoms with E-state index in [9.17, 15) is 19.5 Å². The number of carboxylic acids is 1. The van der Waals surface area contributed by atoms with Crippen LogP contribution in [0.1, 0.15) is 226 Å². The van der Waals surface area contributed by atoms with E-state index in [1.165, 1.54) is 122 Å². The van der Waals surface area contributed by atoms with E-state index in [2.05, 4.69) is 62.5 Å². The number of likely N-dealkylation sites (N-methyl/N-ethyl adjacent to an activating group) is 1. The van der Waals surface area contributed by atoms with Crippen molar-refractivity contribution < 1.29 is 38.2 Å². The summed E-state index contributed by atoms with van der Waals surface area (Å²) in [7, 11) is 5.41. The highest BCUT2D eigenvalue weighted by molar-refractivity contribution is 5.70. The lowest BCUT2D eigenvalue weighted by Gasteiger charge is -2.34. The Kier molecular flexibility index (Phi) is 42.9. The zero-order valence-corrected chi connectivity index (χ0v) is 41.0. The summed E-state index contributed by atoms with van der Waals surface area (Å²) in [6, 6.07) is -0.731. The van der Waals surface area contributed by atoms with E-state index >= 15 is 0 Å². The van der Waals surface area contributed by atoms with Crippen LogP contribution in [-0.4, -0.2) is 75.5 Å². The molecule has 0 aromatic rings. The summed E-state index contributed by atoms with van der Waals surface area (Å²) >= 11 is 0. The molecule has 0 saturated carbocycles. The van der Waals surface area contributed by atoms with Crippen LogP contribution in [0.3, 0.4) is 0 Å². The molecule has 0 aromatic carbocycles. The Morgan fingerprint density at radius 3 is 1.34 bits per heavy atom. The molecule has 0 saturated heterocycles. The molecule has 8 nitrogen and oxygen atoms in total. The number of hydrogen-bond donors (Lipinski definition) is 0. The number of carbonyl (C=O) groups excluding carboxylic acids is 3. The van der Waals surface area contributed by atoms with E-state index in [1.54, 1.807) is 21.1 Å². The molecule has 0 spiro atoms. The van der Waals surface area contributed by atoms with Gasteiger partial charge in [0.15, 0.2) is 6.10 Å². The molecule has 0 aliphatic heterocycles. The maximum absolute atomic E-state index is 12.8. The third-order valence-electron chi connectivity index (χ3n) is 11.5. The second-order valence-corrected chi connectivity index (χ2v) is 18.4. The van der Waals surface area contributed by atoms with Crippen LogP contribution in [-0.2, 0) is 28.6 Å². The zero-order valence-electron chi connectivity index (χ0n) is 41.0. The first-order valence-electron chi connectivity index (χ1n) is 25.7. The number of hydrogen-bond acceptors (Lipinski definition) is 7. The highest BCUT2D eigenvalue weighted by Crippen LogP contribution is 2.16. The lowest BCUT2D eigenvalue weighted by molar-refractivity contribution is -0.889. The first kappa shape index (κ1) is 59.3. The van der Waals surface area contributed by atoms with Crippen LogP contribution >= 0.6 is 0 Å². The van der Waals surface area contributed by atoms with Crippen molar-refractivity contribution in [1.82, 2.24) is 0 Å². The molecule has 0 bridgehead atoms. The van der Waals surface area contributed by atoms with Gasteiger partial charge in [-0.25, -0.2) is 0 Å². The van der Waals surface area contributed by atoms with Gasteiger partial charge in [0.1, 0.15) is 12.6 Å². The number of allylic oxidation sites excluding steroid dienone is 8. The fourth-order valence-electron chi connectivity index (χ4n) is 7.53. The van der Waals surface area contributed by atoms with Crippen LogP contribution in [0.15, 0.2) is 48.6 Å². The van der Waals surface area contributed by atoms with Gasteiger partial charge in [0.2, 0.25) is 0 Å². The molecular weight excluding hydrogens is 775 g/mol. The number of rotatable bonds is 46. The van der Waals surface area contributed by atoms with Crippen molar-refractivity contribution in [2.75, 3.05) is 41.0 Å². The summed E-state index contributed by atoms with van der Waals surface area (Å²) in [5.41, 5.74) is 0. The Balaban J connectivity index is 4.24. The molecule has 0 amide bonds. The molecule has 62 heavy (non-hydrogen) atoms. The molecule has 0 radical (unpaired) electrons. The molecule has 0 aromatic heterocycles. The Labute approximate surface area is 382 Å². The van der Waals surface area contributed by atoms with Gasteiger partial charge in [0, 0.05) is 19.3 Å². The summed E-state index contributed by atoms with van der Waals surface area (Å²) in [6.07, 6.45) is 54.3. The standard InChI is InChI=1S/C54H97NO7/c1-6-8-10-12-14-16-18-20-22-24-25-26-27-28-29-31-33-35-37-39-41-43-45-53(57)62-50(48-60-47-46-51(54(58)59)55(3,4)5)49-61-52(56)44-42-40-38-36-34-32-30-23-21-19-17-15-13-11-9-7-2/h9,11,15,17,21,23,32,34,50-51H,6-8,10,12-14,16,18-20,22,24-31,33,35-49H2,1-5H3/b11-9+,17-15+,23-21+,34-32+. The summed E-state index contributed by atoms with van der Waals surface area (Å²) in [6.45, 7) is 4.54. The third kappa shape index (κ3) is 42.6. The summed E-state index contributed by atoms with van der Waals surface area (Å²) in [5, 5.41) is 11.7. The molecule has 0 rings (SSSR count). The second-order valence-electron chi connectivity index (χ2n) is 18.4. The Bertz CT molecular complexity index is 1150. The lowest BCUT2D eigenvalue weighted by Crippen LogP contribution is -2.55. The fourth-order valence-corrected chi connectivity index (χ4v) is 7.53. The lowest BCUT2D eigenvalue weighted by atomic mass is 10.0. The molecular formula is C54H97NO7.